The number of thioether (sulfide) groups is 1. The van der Waals surface area contributed by atoms with E-state index in [0.29, 0.717) is 11.1 Å². The number of carbonyl (C=O) groups is 1. The van der Waals surface area contributed by atoms with Crippen LogP contribution in [0.5, 0.6) is 0 Å². The fraction of sp³-hybridized carbons (Fsp3) is 0.167. The summed E-state index contributed by atoms with van der Waals surface area (Å²) >= 11 is 4.67. The highest BCUT2D eigenvalue weighted by Crippen LogP contribution is 2.28. The van der Waals surface area contributed by atoms with Gasteiger partial charge in [-0.3, -0.25) is 4.79 Å². The van der Waals surface area contributed by atoms with Crippen molar-refractivity contribution >= 4 is 33.6 Å². The number of nitrogens with zero attached hydrogens (tertiary/aromatic N) is 2. The lowest BCUT2D eigenvalue weighted by Gasteiger charge is -2.13. The van der Waals surface area contributed by atoms with Crippen molar-refractivity contribution in [2.75, 3.05) is 5.75 Å². The van der Waals surface area contributed by atoms with Crippen LogP contribution in [0.1, 0.15) is 18.5 Å². The van der Waals surface area contributed by atoms with E-state index in [-0.39, 0.29) is 17.7 Å². The van der Waals surface area contributed by atoms with E-state index in [0.717, 1.165) is 15.6 Å². The molecule has 7 heteroatoms. The molecule has 3 aromatic rings. The molecule has 5 nitrogen and oxygen atoms in total. The Labute approximate surface area is 158 Å². The number of amides is 1. The smallest absolute Gasteiger partial charge is 0.277 e. The van der Waals surface area contributed by atoms with Gasteiger partial charge in [0.05, 0.1) is 17.4 Å². The number of hydrogen-bond acceptors (Lipinski definition) is 5. The molecule has 0 saturated carbocycles. The maximum Gasteiger partial charge on any atom is 0.277 e. The molecule has 0 aliphatic carbocycles. The third-order valence-electron chi connectivity index (χ3n) is 3.51. The molecule has 128 valence electrons. The van der Waals surface area contributed by atoms with Gasteiger partial charge in [-0.25, -0.2) is 0 Å². The second-order valence-corrected chi connectivity index (χ2v) is 7.12. The standard InChI is InChI=1S/C18H16BrN3O2S/c1-12(13-7-3-2-4-8-13)20-16(23)11-25-18-22-21-17(24-18)14-9-5-6-10-15(14)19/h2-10,12H,11H2,1H3,(H,20,23)/t12-/m0/s1. The predicted molar refractivity (Wildman–Crippen MR) is 101 cm³/mol. The molecule has 3 rings (SSSR count). The first-order valence-corrected chi connectivity index (χ1v) is 9.47. The summed E-state index contributed by atoms with van der Waals surface area (Å²) in [4.78, 5) is 12.1. The molecule has 1 heterocycles. The number of halogens is 1. The van der Waals surface area contributed by atoms with Gasteiger partial charge in [-0.05, 0) is 40.5 Å². The van der Waals surface area contributed by atoms with Crippen molar-refractivity contribution in [1.82, 2.24) is 15.5 Å². The Morgan fingerprint density at radius 2 is 1.88 bits per heavy atom. The van der Waals surface area contributed by atoms with Gasteiger partial charge in [-0.2, -0.15) is 0 Å². The van der Waals surface area contributed by atoms with Gasteiger partial charge in [-0.15, -0.1) is 10.2 Å². The molecule has 0 fully saturated rings. The van der Waals surface area contributed by atoms with Gasteiger partial charge < -0.3 is 9.73 Å². The molecule has 0 saturated heterocycles. The summed E-state index contributed by atoms with van der Waals surface area (Å²) in [6.45, 7) is 1.95. The Kier molecular flexibility index (Phi) is 5.88. The number of nitrogens with one attached hydrogen (secondary N) is 1. The van der Waals surface area contributed by atoms with Crippen molar-refractivity contribution in [3.05, 3.63) is 64.6 Å². The Morgan fingerprint density at radius 1 is 1.16 bits per heavy atom. The highest BCUT2D eigenvalue weighted by Gasteiger charge is 2.14. The molecular formula is C18H16BrN3O2S. The summed E-state index contributed by atoms with van der Waals surface area (Å²) in [7, 11) is 0. The minimum absolute atomic E-state index is 0.0483. The largest absolute Gasteiger partial charge is 0.411 e. The van der Waals surface area contributed by atoms with Crippen molar-refractivity contribution in [3.8, 4) is 11.5 Å². The number of benzene rings is 2. The summed E-state index contributed by atoms with van der Waals surface area (Å²) < 4.78 is 6.50. The minimum atomic E-state index is -0.0815. The highest BCUT2D eigenvalue weighted by atomic mass is 79.9. The van der Waals surface area contributed by atoms with Crippen LogP contribution >= 0.6 is 27.7 Å². The van der Waals surface area contributed by atoms with Crippen LogP contribution in [0.2, 0.25) is 0 Å². The molecule has 0 bridgehead atoms. The average Bonchev–Trinajstić information content (AvgIpc) is 3.10. The third-order valence-corrected chi connectivity index (χ3v) is 5.02. The maximum atomic E-state index is 12.1. The van der Waals surface area contributed by atoms with Gasteiger partial charge in [0.2, 0.25) is 11.8 Å². The molecule has 0 radical (unpaired) electrons. The van der Waals surface area contributed by atoms with Crippen LogP contribution in [0.4, 0.5) is 0 Å². The van der Waals surface area contributed by atoms with Crippen LogP contribution in [-0.4, -0.2) is 21.9 Å². The van der Waals surface area contributed by atoms with Crippen LogP contribution < -0.4 is 5.32 Å². The molecule has 0 unspecified atom stereocenters. The number of hydrogen-bond donors (Lipinski definition) is 1. The summed E-state index contributed by atoms with van der Waals surface area (Å²) in [5.41, 5.74) is 1.89. The minimum Gasteiger partial charge on any atom is -0.411 e. The van der Waals surface area contributed by atoms with Crippen molar-refractivity contribution in [3.63, 3.8) is 0 Å². The average molecular weight is 418 g/mol. The Morgan fingerprint density at radius 3 is 2.64 bits per heavy atom. The molecule has 0 spiro atoms. The summed E-state index contributed by atoms with van der Waals surface area (Å²) in [5.74, 6) is 0.560. The topological polar surface area (TPSA) is 68.0 Å². The molecule has 1 atom stereocenters. The van der Waals surface area contributed by atoms with E-state index in [1.807, 2.05) is 61.5 Å². The van der Waals surface area contributed by atoms with E-state index in [4.69, 9.17) is 4.42 Å². The van der Waals surface area contributed by atoms with Crippen molar-refractivity contribution in [1.29, 1.82) is 0 Å². The van der Waals surface area contributed by atoms with Crippen LogP contribution in [-0.2, 0) is 4.79 Å². The molecule has 1 N–H and O–H groups in total. The van der Waals surface area contributed by atoms with Crippen molar-refractivity contribution < 1.29 is 9.21 Å². The predicted octanol–water partition coefficient (Wildman–Crippen LogP) is 4.47. The van der Waals surface area contributed by atoms with Crippen molar-refractivity contribution in [2.24, 2.45) is 0 Å². The lowest BCUT2D eigenvalue weighted by Crippen LogP contribution is -2.28. The van der Waals surface area contributed by atoms with Crippen molar-refractivity contribution in [2.45, 2.75) is 18.2 Å². The molecule has 2 aromatic carbocycles. The van der Waals surface area contributed by atoms with E-state index in [2.05, 4.69) is 31.4 Å². The van der Waals surface area contributed by atoms with Gasteiger partial charge in [0.25, 0.3) is 5.22 Å². The zero-order valence-electron chi connectivity index (χ0n) is 13.5. The van der Waals surface area contributed by atoms with E-state index in [1.54, 1.807) is 0 Å². The zero-order chi connectivity index (χ0) is 17.6. The van der Waals surface area contributed by atoms with Crippen LogP contribution in [0, 0.1) is 0 Å². The Bertz CT molecular complexity index is 854. The van der Waals surface area contributed by atoms with Crippen LogP contribution in [0.15, 0.2) is 68.7 Å². The Balaban J connectivity index is 1.55. The van der Waals surface area contributed by atoms with Crippen LogP contribution in [0.3, 0.4) is 0 Å². The molecule has 1 aromatic heterocycles. The van der Waals surface area contributed by atoms with Gasteiger partial charge in [0.15, 0.2) is 0 Å². The Hall–Kier alpha value is -2.12. The second-order valence-electron chi connectivity index (χ2n) is 5.34. The summed E-state index contributed by atoms with van der Waals surface area (Å²) in [5, 5.41) is 11.3. The van der Waals surface area contributed by atoms with Gasteiger partial charge in [-0.1, -0.05) is 54.2 Å². The first-order chi connectivity index (χ1) is 12.1. The SMILES string of the molecule is C[C@H](NC(=O)CSc1nnc(-c2ccccc2Br)o1)c1ccccc1. The molecule has 25 heavy (non-hydrogen) atoms. The number of aromatic nitrogens is 2. The number of rotatable bonds is 6. The fourth-order valence-corrected chi connectivity index (χ4v) is 3.28. The molecule has 1 amide bonds. The van der Waals surface area contributed by atoms with Gasteiger partial charge >= 0.3 is 0 Å². The zero-order valence-corrected chi connectivity index (χ0v) is 15.9. The molecular weight excluding hydrogens is 402 g/mol. The van der Waals surface area contributed by atoms with E-state index in [9.17, 15) is 4.79 Å². The monoisotopic (exact) mass is 417 g/mol. The van der Waals surface area contributed by atoms with E-state index in [1.165, 1.54) is 11.8 Å². The summed E-state index contributed by atoms with van der Waals surface area (Å²) in [6, 6.07) is 17.4. The molecule has 0 aliphatic heterocycles. The summed E-state index contributed by atoms with van der Waals surface area (Å²) in [6.07, 6.45) is 0. The normalized spacial score (nSPS) is 11.9. The van der Waals surface area contributed by atoms with E-state index < -0.39 is 0 Å². The maximum absolute atomic E-state index is 12.1. The lowest BCUT2D eigenvalue weighted by atomic mass is 10.1. The fourth-order valence-electron chi connectivity index (χ4n) is 2.25. The highest BCUT2D eigenvalue weighted by molar-refractivity contribution is 9.10. The van der Waals surface area contributed by atoms with E-state index >= 15 is 0 Å². The first kappa shape index (κ1) is 17.7. The number of carbonyl (C=O) groups excluding carboxylic acids is 1. The molecule has 0 aliphatic rings. The second kappa shape index (κ2) is 8.31. The van der Waals surface area contributed by atoms with Crippen LogP contribution in [0.25, 0.3) is 11.5 Å². The first-order valence-electron chi connectivity index (χ1n) is 7.69. The lowest BCUT2D eigenvalue weighted by molar-refractivity contribution is -0.119. The quantitative estimate of drug-likeness (QED) is 0.599. The van der Waals surface area contributed by atoms with Gasteiger partial charge in [0.1, 0.15) is 0 Å². The van der Waals surface area contributed by atoms with Gasteiger partial charge in [0, 0.05) is 4.47 Å². The third kappa shape index (κ3) is 4.70.